The first-order chi connectivity index (χ1) is 28.0. The molecule has 4 N–H and O–H groups in total. The van der Waals surface area contributed by atoms with Crippen molar-refractivity contribution in [1.29, 1.82) is 0 Å². The summed E-state index contributed by atoms with van der Waals surface area (Å²) in [5.74, 6) is -2.64. The van der Waals surface area contributed by atoms with Gasteiger partial charge in [0.05, 0.1) is 49.6 Å². The van der Waals surface area contributed by atoms with Crippen molar-refractivity contribution in [2.45, 2.75) is 72.4 Å². The molecule has 4 rings (SSSR count). The quantitative estimate of drug-likeness (QED) is 0.0331. The van der Waals surface area contributed by atoms with Crippen LogP contribution in [0.1, 0.15) is 95.3 Å². The minimum Gasteiger partial charge on any atom is -0.493 e. The van der Waals surface area contributed by atoms with Crippen molar-refractivity contribution in [2.75, 3.05) is 46.3 Å². The number of benzene rings is 2. The van der Waals surface area contributed by atoms with E-state index >= 15 is 0 Å². The predicted molar refractivity (Wildman–Crippen MR) is 211 cm³/mol. The molecule has 1 aliphatic heterocycles. The van der Waals surface area contributed by atoms with E-state index in [1.807, 2.05) is 26.0 Å². The monoisotopic (exact) mass is 826 g/mol. The molecular formula is C40H53N5O12P+. The number of hydrogen-bond donors (Lipinski definition) is 4. The number of hydrogen-bond acceptors (Lipinski definition) is 12. The van der Waals surface area contributed by atoms with Crippen LogP contribution in [0.4, 0.5) is 0 Å². The summed E-state index contributed by atoms with van der Waals surface area (Å²) in [5.41, 5.74) is 2.70. The summed E-state index contributed by atoms with van der Waals surface area (Å²) in [6.07, 6.45) is 3.58. The van der Waals surface area contributed by atoms with Crippen molar-refractivity contribution < 1.29 is 56.7 Å². The molecule has 1 aromatic heterocycles. The number of nitrogens with zero attached hydrogens (tertiary/aromatic N) is 2. The average Bonchev–Trinajstić information content (AvgIpc) is 3.71. The molecule has 1 fully saturated rings. The molecule has 3 atom stereocenters. The number of furan rings is 1. The van der Waals surface area contributed by atoms with E-state index in [-0.39, 0.29) is 30.3 Å². The highest BCUT2D eigenvalue weighted by molar-refractivity contribution is 7.32. The molecule has 314 valence electrons. The first kappa shape index (κ1) is 45.5. The number of carbonyl (C=O) groups excluding carboxylic acids is 5. The second-order valence-corrected chi connectivity index (χ2v) is 14.2. The fraction of sp³-hybridized carbons (Fsp3) is 0.475. The first-order valence-electron chi connectivity index (χ1n) is 19.3. The van der Waals surface area contributed by atoms with Crippen LogP contribution in [0.3, 0.4) is 0 Å². The molecule has 17 nitrogen and oxygen atoms in total. The molecule has 58 heavy (non-hydrogen) atoms. The molecule has 1 saturated heterocycles. The third-order valence-electron chi connectivity index (χ3n) is 9.54. The van der Waals surface area contributed by atoms with Crippen molar-refractivity contribution in [3.63, 3.8) is 0 Å². The number of rotatable bonds is 23. The zero-order chi connectivity index (χ0) is 42.0. The summed E-state index contributed by atoms with van der Waals surface area (Å²) in [6, 6.07) is 12.3. The van der Waals surface area contributed by atoms with Gasteiger partial charge in [-0.2, -0.15) is 5.06 Å². The summed E-state index contributed by atoms with van der Waals surface area (Å²) in [7, 11) is -2.88. The molecule has 3 aromatic rings. The van der Waals surface area contributed by atoms with E-state index in [1.165, 1.54) is 12.1 Å². The van der Waals surface area contributed by atoms with Crippen molar-refractivity contribution in [3.05, 3.63) is 76.5 Å². The molecule has 4 amide bonds. The number of nitrogens with one attached hydrogen (secondary N) is 3. The van der Waals surface area contributed by atoms with Crippen molar-refractivity contribution >= 4 is 38.4 Å². The fourth-order valence-corrected chi connectivity index (χ4v) is 6.74. The van der Waals surface area contributed by atoms with E-state index in [1.54, 1.807) is 38.1 Å². The Hall–Kier alpha value is -5.19. The molecule has 3 unspecified atom stereocenters. The maximum absolute atomic E-state index is 13.7. The minimum atomic E-state index is -2.88. The highest BCUT2D eigenvalue weighted by atomic mass is 31.1. The number of aryl methyl sites for hydroxylation is 1. The minimum absolute atomic E-state index is 0.0475. The second-order valence-electron chi connectivity index (χ2n) is 13.5. The van der Waals surface area contributed by atoms with Gasteiger partial charge in [-0.25, -0.2) is 4.79 Å². The SMILES string of the molecule is CCCCCC(C(=O)NCNC(=O)c1ccc(-c2ccc(C(=O)NCO[P+](=O)O)c(OCC)c2)o1)C(CC)N(C=O)OC(=O)c1ccc(CN2CCOCC2)cc1C. The summed E-state index contributed by atoms with van der Waals surface area (Å²) >= 11 is 0. The number of hydroxylamine groups is 2. The zero-order valence-electron chi connectivity index (χ0n) is 33.3. The van der Waals surface area contributed by atoms with E-state index in [0.717, 1.165) is 43.1 Å². The highest BCUT2D eigenvalue weighted by Gasteiger charge is 2.34. The van der Waals surface area contributed by atoms with Gasteiger partial charge in [-0.05, 0) is 68.1 Å². The molecule has 1 aliphatic rings. The van der Waals surface area contributed by atoms with Crippen LogP contribution in [0.2, 0.25) is 0 Å². The van der Waals surface area contributed by atoms with Crippen LogP contribution in [0.5, 0.6) is 5.75 Å². The van der Waals surface area contributed by atoms with E-state index in [4.69, 9.17) is 23.6 Å². The average molecular weight is 827 g/mol. The van der Waals surface area contributed by atoms with Gasteiger partial charge in [-0.3, -0.25) is 24.1 Å². The molecule has 0 aliphatic carbocycles. The number of unbranched alkanes of at least 4 members (excludes halogenated alkanes) is 2. The van der Waals surface area contributed by atoms with Gasteiger partial charge in [0.2, 0.25) is 12.3 Å². The third kappa shape index (κ3) is 13.2. The van der Waals surface area contributed by atoms with Crippen LogP contribution < -0.4 is 20.7 Å². The van der Waals surface area contributed by atoms with Crippen LogP contribution >= 0.6 is 8.25 Å². The van der Waals surface area contributed by atoms with Crippen LogP contribution in [-0.2, 0) is 34.8 Å². The van der Waals surface area contributed by atoms with Crippen molar-refractivity contribution in [1.82, 2.24) is 25.9 Å². The lowest BCUT2D eigenvalue weighted by Gasteiger charge is -2.32. The first-order valence-corrected chi connectivity index (χ1v) is 20.5. The van der Waals surface area contributed by atoms with Gasteiger partial charge < -0.3 is 34.7 Å². The maximum Gasteiger partial charge on any atom is 0.696 e. The van der Waals surface area contributed by atoms with Gasteiger partial charge >= 0.3 is 14.2 Å². The van der Waals surface area contributed by atoms with E-state index in [0.29, 0.717) is 61.3 Å². The summed E-state index contributed by atoms with van der Waals surface area (Å²) in [5, 5.41) is 8.64. The van der Waals surface area contributed by atoms with Gasteiger partial charge in [0.15, 0.2) is 12.5 Å². The molecule has 0 bridgehead atoms. The molecule has 0 saturated carbocycles. The van der Waals surface area contributed by atoms with Gasteiger partial charge in [0.25, 0.3) is 11.8 Å². The van der Waals surface area contributed by atoms with Crippen molar-refractivity contribution in [2.24, 2.45) is 5.92 Å². The lowest BCUT2D eigenvalue weighted by Crippen LogP contribution is -2.49. The van der Waals surface area contributed by atoms with Crippen LogP contribution in [0, 0.1) is 12.8 Å². The van der Waals surface area contributed by atoms with E-state index < -0.39 is 50.6 Å². The third-order valence-corrected chi connectivity index (χ3v) is 9.89. The van der Waals surface area contributed by atoms with Crippen LogP contribution in [0.25, 0.3) is 11.3 Å². The van der Waals surface area contributed by atoms with Gasteiger partial charge in [0.1, 0.15) is 11.5 Å². The standard InChI is InChI=1S/C40H52N5O12P/c1-5-8-9-10-31(33(6-2)45(26-46)57-40(50)30-13-11-28(21-27(30)4)23-44-17-19-53-20-18-44)37(47)41-24-42-39(49)35-16-15-34(56-35)29-12-14-32(36(22-29)54-7-3)38(48)43-25-55-58(51)52/h11-16,21-22,26,31,33H,5-10,17-20,23-25H2,1-4H3,(H3-,41,42,43,47,48,49,51,52)/p+1. The lowest BCUT2D eigenvalue weighted by atomic mass is 9.90. The Kier molecular flexibility index (Phi) is 18.3. The van der Waals surface area contributed by atoms with Crippen LogP contribution in [-0.4, -0.2) is 97.3 Å². The Balaban J connectivity index is 1.38. The van der Waals surface area contributed by atoms with Gasteiger partial charge in [-0.15, -0.1) is 4.89 Å². The fourth-order valence-electron chi connectivity index (χ4n) is 6.57. The van der Waals surface area contributed by atoms with Gasteiger partial charge in [0, 0.05) is 29.8 Å². The molecule has 0 spiro atoms. The number of morpholine rings is 1. The summed E-state index contributed by atoms with van der Waals surface area (Å²) in [6.45, 7) is 10.6. The normalized spacial score (nSPS) is 14.1. The highest BCUT2D eigenvalue weighted by Crippen LogP contribution is 2.30. The number of carbonyl (C=O) groups is 5. The Labute approximate surface area is 338 Å². The Morgan fingerprint density at radius 2 is 1.72 bits per heavy atom. The second kappa shape index (κ2) is 23.3. The molecular weight excluding hydrogens is 773 g/mol. The van der Waals surface area contributed by atoms with Crippen LogP contribution in [0.15, 0.2) is 52.9 Å². The Morgan fingerprint density at radius 3 is 2.40 bits per heavy atom. The van der Waals surface area contributed by atoms with E-state index in [2.05, 4.69) is 25.4 Å². The topological polar surface area (TPSA) is 215 Å². The lowest BCUT2D eigenvalue weighted by molar-refractivity contribution is -0.171. The molecule has 2 heterocycles. The summed E-state index contributed by atoms with van der Waals surface area (Å²) < 4.78 is 32.1. The van der Waals surface area contributed by atoms with Gasteiger partial charge in [-0.1, -0.05) is 55.8 Å². The molecule has 2 aromatic carbocycles. The maximum atomic E-state index is 13.7. The smallest absolute Gasteiger partial charge is 0.493 e. The van der Waals surface area contributed by atoms with Crippen molar-refractivity contribution in [3.8, 4) is 17.1 Å². The largest absolute Gasteiger partial charge is 0.696 e. The molecule has 0 radical (unpaired) electrons. The predicted octanol–water partition coefficient (Wildman–Crippen LogP) is 4.85. The Bertz CT molecular complexity index is 1880. The van der Waals surface area contributed by atoms with E-state index in [9.17, 15) is 28.5 Å². The zero-order valence-corrected chi connectivity index (χ0v) is 34.2. The Morgan fingerprint density at radius 1 is 0.966 bits per heavy atom. The number of ether oxygens (including phenoxy) is 2. The number of amides is 4. The summed E-state index contributed by atoms with van der Waals surface area (Å²) in [4.78, 5) is 81.8. The molecule has 18 heteroatoms.